The maximum absolute atomic E-state index is 12.7. The Kier molecular flexibility index (Phi) is 5.52. The Bertz CT molecular complexity index is 1380. The Morgan fingerprint density at radius 3 is 2.69 bits per heavy atom. The summed E-state index contributed by atoms with van der Waals surface area (Å²) in [7, 11) is 1.63. The lowest BCUT2D eigenvalue weighted by Crippen LogP contribution is -2.33. The molecular weight excluding hydrogens is 426 g/mol. The second-order valence-electron chi connectivity index (χ2n) is 7.73. The van der Waals surface area contributed by atoms with E-state index in [1.54, 1.807) is 37.3 Å². The van der Waals surface area contributed by atoms with Gasteiger partial charge in [-0.25, -0.2) is 14.8 Å². The maximum Gasteiger partial charge on any atom is 0.329 e. The highest BCUT2D eigenvalue weighted by Gasteiger charge is 2.24. The molecule has 4 heterocycles. The van der Waals surface area contributed by atoms with Crippen molar-refractivity contribution in [1.82, 2.24) is 29.1 Å². The molecule has 0 saturated heterocycles. The molecule has 9 nitrogen and oxygen atoms in total. The number of hydrogen-bond donors (Lipinski definition) is 1. The number of nitrogens with zero attached hydrogens (tertiary/aromatic N) is 6. The number of benzene rings is 1. The number of imidazole rings is 1. The van der Waals surface area contributed by atoms with E-state index in [1.807, 2.05) is 10.6 Å². The van der Waals surface area contributed by atoms with Crippen LogP contribution in [0.4, 0.5) is 5.95 Å². The normalized spacial score (nSPS) is 13.5. The Morgan fingerprint density at radius 1 is 1.09 bits per heavy atom. The Labute approximate surface area is 188 Å². The first kappa shape index (κ1) is 20.5. The van der Waals surface area contributed by atoms with Crippen molar-refractivity contribution in [2.24, 2.45) is 7.05 Å². The van der Waals surface area contributed by atoms with E-state index >= 15 is 0 Å². The minimum Gasteiger partial charge on any atom is -0.338 e. The molecule has 0 saturated carbocycles. The minimum absolute atomic E-state index is 0.404. The van der Waals surface area contributed by atoms with Crippen molar-refractivity contribution in [2.45, 2.75) is 31.1 Å². The molecule has 0 fully saturated rings. The van der Waals surface area contributed by atoms with Gasteiger partial charge in [-0.15, -0.1) is 0 Å². The van der Waals surface area contributed by atoms with Crippen LogP contribution in [0.1, 0.15) is 17.5 Å². The van der Waals surface area contributed by atoms with Crippen LogP contribution in [-0.4, -0.2) is 41.4 Å². The predicted molar refractivity (Wildman–Crippen MR) is 124 cm³/mol. The van der Waals surface area contributed by atoms with Gasteiger partial charge in [-0.3, -0.25) is 14.3 Å². The molecule has 1 aliphatic rings. The average Bonchev–Trinajstić information content (AvgIpc) is 3.21. The molecule has 0 atom stereocenters. The number of H-pyrrole nitrogens is 1. The van der Waals surface area contributed by atoms with E-state index in [4.69, 9.17) is 4.98 Å². The van der Waals surface area contributed by atoms with Crippen LogP contribution in [0.2, 0.25) is 0 Å². The molecule has 5 rings (SSSR count). The fourth-order valence-corrected chi connectivity index (χ4v) is 4.82. The predicted octanol–water partition coefficient (Wildman–Crippen LogP) is 1.96. The third-order valence-electron chi connectivity index (χ3n) is 5.70. The minimum atomic E-state index is -0.459. The number of aromatic nitrogens is 6. The van der Waals surface area contributed by atoms with Crippen molar-refractivity contribution in [1.29, 1.82) is 0 Å². The Balaban J connectivity index is 1.48. The summed E-state index contributed by atoms with van der Waals surface area (Å²) in [6.07, 6.45) is 5.17. The van der Waals surface area contributed by atoms with Gasteiger partial charge in [0, 0.05) is 44.8 Å². The molecule has 0 bridgehead atoms. The van der Waals surface area contributed by atoms with Crippen molar-refractivity contribution in [3.63, 3.8) is 0 Å². The maximum atomic E-state index is 12.7. The van der Waals surface area contributed by atoms with Crippen molar-refractivity contribution < 1.29 is 0 Å². The number of rotatable bonds is 6. The fourth-order valence-electron chi connectivity index (χ4n) is 4.09. The molecular formula is C22H23N7O2S. The fraction of sp³-hybridized carbons (Fsp3) is 0.318. The molecule has 0 radical (unpaired) electrons. The molecule has 1 aromatic carbocycles. The van der Waals surface area contributed by atoms with Crippen LogP contribution in [0.5, 0.6) is 0 Å². The van der Waals surface area contributed by atoms with Gasteiger partial charge in [0.05, 0.1) is 0 Å². The molecule has 4 aromatic rings. The zero-order valence-electron chi connectivity index (χ0n) is 17.7. The SMILES string of the molecule is Cn1c(=O)[nH]c(=O)c2c1nc(N1CCc3ccccc3C1)n2CCCSc1ncccn1. The highest BCUT2D eigenvalue weighted by molar-refractivity contribution is 7.99. The summed E-state index contributed by atoms with van der Waals surface area (Å²) < 4.78 is 3.36. The summed E-state index contributed by atoms with van der Waals surface area (Å²) in [4.78, 5) is 42.8. The van der Waals surface area contributed by atoms with Crippen molar-refractivity contribution >= 4 is 28.9 Å². The third-order valence-corrected chi connectivity index (χ3v) is 6.66. The van der Waals surface area contributed by atoms with E-state index in [9.17, 15) is 9.59 Å². The molecule has 0 spiro atoms. The summed E-state index contributed by atoms with van der Waals surface area (Å²) in [5.41, 5.74) is 2.58. The number of hydrogen-bond acceptors (Lipinski definition) is 7. The average molecular weight is 450 g/mol. The van der Waals surface area contributed by atoms with Gasteiger partial charge in [-0.1, -0.05) is 36.0 Å². The molecule has 0 aliphatic carbocycles. The number of fused-ring (bicyclic) bond motifs is 2. The number of aromatic amines is 1. The molecule has 0 unspecified atom stereocenters. The summed E-state index contributed by atoms with van der Waals surface area (Å²) in [5.74, 6) is 1.53. The van der Waals surface area contributed by atoms with E-state index in [2.05, 4.69) is 38.1 Å². The van der Waals surface area contributed by atoms with Crippen LogP contribution in [0.25, 0.3) is 11.2 Å². The first-order valence-electron chi connectivity index (χ1n) is 10.5. The Hall–Kier alpha value is -3.40. The number of nitrogens with one attached hydrogen (secondary N) is 1. The highest BCUT2D eigenvalue weighted by atomic mass is 32.2. The van der Waals surface area contributed by atoms with Crippen LogP contribution < -0.4 is 16.1 Å². The van der Waals surface area contributed by atoms with Crippen LogP contribution in [0.3, 0.4) is 0 Å². The van der Waals surface area contributed by atoms with Gasteiger partial charge in [0.2, 0.25) is 5.95 Å². The molecule has 1 N–H and O–H groups in total. The molecule has 1 aliphatic heterocycles. The summed E-state index contributed by atoms with van der Waals surface area (Å²) in [5, 5.41) is 0.732. The van der Waals surface area contributed by atoms with Crippen LogP contribution >= 0.6 is 11.8 Å². The van der Waals surface area contributed by atoms with Crippen LogP contribution in [0, 0.1) is 0 Å². The first-order chi connectivity index (χ1) is 15.6. The van der Waals surface area contributed by atoms with E-state index in [0.29, 0.717) is 17.7 Å². The lowest BCUT2D eigenvalue weighted by molar-refractivity contribution is 0.642. The van der Waals surface area contributed by atoms with E-state index in [1.165, 1.54) is 15.7 Å². The summed E-state index contributed by atoms with van der Waals surface area (Å²) in [6, 6.07) is 10.2. The van der Waals surface area contributed by atoms with Gasteiger partial charge >= 0.3 is 5.69 Å². The first-order valence-corrected chi connectivity index (χ1v) is 11.5. The number of anilines is 1. The zero-order chi connectivity index (χ0) is 22.1. The lowest BCUT2D eigenvalue weighted by Gasteiger charge is -2.30. The quantitative estimate of drug-likeness (QED) is 0.273. The van der Waals surface area contributed by atoms with Crippen molar-refractivity contribution in [3.8, 4) is 0 Å². The molecule has 32 heavy (non-hydrogen) atoms. The number of aryl methyl sites for hydroxylation is 2. The van der Waals surface area contributed by atoms with Gasteiger partial charge in [0.1, 0.15) is 0 Å². The van der Waals surface area contributed by atoms with Gasteiger partial charge in [-0.2, -0.15) is 4.98 Å². The number of thioether (sulfide) groups is 1. The van der Waals surface area contributed by atoms with E-state index in [0.717, 1.165) is 42.8 Å². The lowest BCUT2D eigenvalue weighted by atomic mass is 10.0. The topological polar surface area (TPSA) is 102 Å². The Morgan fingerprint density at radius 2 is 1.88 bits per heavy atom. The summed E-state index contributed by atoms with van der Waals surface area (Å²) >= 11 is 1.58. The van der Waals surface area contributed by atoms with Gasteiger partial charge in [-0.05, 0) is 30.0 Å². The largest absolute Gasteiger partial charge is 0.338 e. The second-order valence-corrected chi connectivity index (χ2v) is 8.79. The van der Waals surface area contributed by atoms with E-state index < -0.39 is 11.2 Å². The summed E-state index contributed by atoms with van der Waals surface area (Å²) in [6.45, 7) is 2.13. The van der Waals surface area contributed by atoms with Gasteiger partial charge in [0.25, 0.3) is 5.56 Å². The second kappa shape index (κ2) is 8.62. The van der Waals surface area contributed by atoms with Crippen LogP contribution in [-0.2, 0) is 26.6 Å². The highest BCUT2D eigenvalue weighted by Crippen LogP contribution is 2.27. The van der Waals surface area contributed by atoms with Gasteiger partial charge < -0.3 is 9.47 Å². The zero-order valence-corrected chi connectivity index (χ0v) is 18.5. The van der Waals surface area contributed by atoms with Crippen LogP contribution in [0.15, 0.2) is 57.5 Å². The standard InChI is InChI=1S/C22H23N7O2S/c1-27-18-17(19(30)26-22(27)31)29(11-5-13-32-20-23-9-4-10-24-20)21(25-18)28-12-8-15-6-2-3-7-16(15)14-28/h2-4,6-7,9-10H,5,8,11-14H2,1H3,(H,26,30,31). The molecule has 0 amide bonds. The van der Waals surface area contributed by atoms with Crippen molar-refractivity contribution in [2.75, 3.05) is 17.2 Å². The molecule has 10 heteroatoms. The van der Waals surface area contributed by atoms with Crippen molar-refractivity contribution in [3.05, 3.63) is 74.7 Å². The molecule has 164 valence electrons. The third kappa shape index (κ3) is 3.81. The van der Waals surface area contributed by atoms with Gasteiger partial charge in [0.15, 0.2) is 16.3 Å². The molecule has 3 aromatic heterocycles. The smallest absolute Gasteiger partial charge is 0.329 e. The van der Waals surface area contributed by atoms with E-state index in [-0.39, 0.29) is 0 Å². The monoisotopic (exact) mass is 449 g/mol.